The van der Waals surface area contributed by atoms with E-state index in [4.69, 9.17) is 5.26 Å². The largest absolute Gasteiger partial charge is 0.351 e. The normalized spacial score (nSPS) is 10.3. The van der Waals surface area contributed by atoms with Gasteiger partial charge in [0, 0.05) is 13.1 Å². The van der Waals surface area contributed by atoms with Crippen molar-refractivity contribution in [3.05, 3.63) is 71.3 Å². The van der Waals surface area contributed by atoms with Crippen molar-refractivity contribution in [2.45, 2.75) is 20.0 Å². The summed E-state index contributed by atoms with van der Waals surface area (Å²) < 4.78 is 0. The van der Waals surface area contributed by atoms with E-state index in [1.165, 1.54) is 0 Å². The molecule has 0 bridgehead atoms. The first-order valence-electron chi connectivity index (χ1n) is 7.63. The number of nitrogens with one attached hydrogen (secondary N) is 1. The average molecular weight is 307 g/mol. The molecule has 0 unspecified atom stereocenters. The maximum absolute atomic E-state index is 12.1. The van der Waals surface area contributed by atoms with E-state index in [1.54, 1.807) is 0 Å². The van der Waals surface area contributed by atoms with E-state index in [0.717, 1.165) is 16.7 Å². The van der Waals surface area contributed by atoms with Gasteiger partial charge in [-0.05, 0) is 23.6 Å². The second-order valence-corrected chi connectivity index (χ2v) is 5.49. The van der Waals surface area contributed by atoms with Gasteiger partial charge in [-0.15, -0.1) is 0 Å². The minimum atomic E-state index is -0.0700. The molecule has 0 aliphatic heterocycles. The summed E-state index contributed by atoms with van der Waals surface area (Å²) in [6, 6.07) is 20.0. The molecule has 0 aromatic heterocycles. The second kappa shape index (κ2) is 8.72. The third-order valence-electron chi connectivity index (χ3n) is 3.65. The van der Waals surface area contributed by atoms with Crippen LogP contribution in [-0.2, 0) is 17.9 Å². The summed E-state index contributed by atoms with van der Waals surface area (Å²) in [5.74, 6) is -0.0700. The summed E-state index contributed by atoms with van der Waals surface area (Å²) in [6.07, 6.45) is 0. The van der Waals surface area contributed by atoms with Crippen molar-refractivity contribution < 1.29 is 4.79 Å². The first kappa shape index (κ1) is 16.7. The van der Waals surface area contributed by atoms with Gasteiger partial charge in [-0.25, -0.2) is 0 Å². The van der Waals surface area contributed by atoms with E-state index in [2.05, 4.69) is 11.4 Å². The molecule has 0 heterocycles. The average Bonchev–Trinajstić information content (AvgIpc) is 2.55. The fraction of sp³-hybridized carbons (Fsp3) is 0.263. The van der Waals surface area contributed by atoms with Crippen LogP contribution in [0.4, 0.5) is 0 Å². The lowest BCUT2D eigenvalue weighted by molar-refractivity contribution is -0.122. The summed E-state index contributed by atoms with van der Waals surface area (Å²) in [4.78, 5) is 14.0. The first-order valence-corrected chi connectivity index (χ1v) is 7.63. The van der Waals surface area contributed by atoms with E-state index in [0.29, 0.717) is 13.1 Å². The van der Waals surface area contributed by atoms with E-state index in [1.807, 2.05) is 66.4 Å². The Morgan fingerprint density at radius 1 is 1.13 bits per heavy atom. The zero-order valence-electron chi connectivity index (χ0n) is 13.3. The molecule has 1 N–H and O–H groups in total. The van der Waals surface area contributed by atoms with Crippen molar-refractivity contribution in [1.29, 1.82) is 5.26 Å². The van der Waals surface area contributed by atoms with Gasteiger partial charge >= 0.3 is 0 Å². The highest BCUT2D eigenvalue weighted by atomic mass is 16.2. The molecule has 23 heavy (non-hydrogen) atoms. The number of carbonyl (C=O) groups is 1. The van der Waals surface area contributed by atoms with Crippen molar-refractivity contribution in [2.75, 3.05) is 13.1 Å². The molecule has 0 aliphatic rings. The summed E-state index contributed by atoms with van der Waals surface area (Å²) in [5.41, 5.74) is 3.36. The van der Waals surface area contributed by atoms with Gasteiger partial charge in [0.05, 0.1) is 19.2 Å². The Morgan fingerprint density at radius 2 is 1.83 bits per heavy atom. The number of nitriles is 1. The smallest absolute Gasteiger partial charge is 0.234 e. The molecule has 2 aromatic rings. The van der Waals surface area contributed by atoms with Crippen LogP contribution in [0.5, 0.6) is 0 Å². The SMILES string of the molecule is Cc1ccccc1CNC(=O)CN(CC#N)Cc1ccccc1. The highest BCUT2D eigenvalue weighted by molar-refractivity contribution is 5.78. The summed E-state index contributed by atoms with van der Waals surface area (Å²) >= 11 is 0. The van der Waals surface area contributed by atoms with Crippen molar-refractivity contribution >= 4 is 5.91 Å². The zero-order chi connectivity index (χ0) is 16.5. The Bertz CT molecular complexity index is 677. The molecular formula is C19H21N3O. The molecule has 0 radical (unpaired) electrons. The number of hydrogen-bond donors (Lipinski definition) is 1. The lowest BCUT2D eigenvalue weighted by Gasteiger charge is -2.19. The summed E-state index contributed by atoms with van der Waals surface area (Å²) in [6.45, 7) is 3.57. The van der Waals surface area contributed by atoms with Crippen LogP contribution in [0.25, 0.3) is 0 Å². The van der Waals surface area contributed by atoms with Crippen molar-refractivity contribution in [1.82, 2.24) is 10.2 Å². The Balaban J connectivity index is 1.88. The van der Waals surface area contributed by atoms with Gasteiger partial charge in [-0.2, -0.15) is 5.26 Å². The maximum Gasteiger partial charge on any atom is 0.234 e. The number of nitrogens with zero attached hydrogens (tertiary/aromatic N) is 2. The molecule has 118 valence electrons. The highest BCUT2D eigenvalue weighted by Gasteiger charge is 2.11. The molecule has 1 amide bonds. The van der Waals surface area contributed by atoms with Gasteiger partial charge in [0.25, 0.3) is 0 Å². The topological polar surface area (TPSA) is 56.1 Å². The van der Waals surface area contributed by atoms with Gasteiger partial charge < -0.3 is 5.32 Å². The predicted octanol–water partition coefficient (Wildman–Crippen LogP) is 2.64. The van der Waals surface area contributed by atoms with Gasteiger partial charge in [0.15, 0.2) is 0 Å². The number of aryl methyl sites for hydroxylation is 1. The molecule has 4 nitrogen and oxygen atoms in total. The van der Waals surface area contributed by atoms with Gasteiger partial charge in [-0.1, -0.05) is 54.6 Å². The first-order chi connectivity index (χ1) is 11.2. The molecule has 4 heteroatoms. The molecule has 0 aliphatic carbocycles. The van der Waals surface area contributed by atoms with Gasteiger partial charge in [0.2, 0.25) is 5.91 Å². The van der Waals surface area contributed by atoms with Crippen LogP contribution in [0.1, 0.15) is 16.7 Å². The van der Waals surface area contributed by atoms with Crippen LogP contribution in [0.15, 0.2) is 54.6 Å². The third-order valence-corrected chi connectivity index (χ3v) is 3.65. The van der Waals surface area contributed by atoms with Crippen LogP contribution < -0.4 is 5.32 Å². The number of rotatable bonds is 7. The number of benzene rings is 2. The van der Waals surface area contributed by atoms with Gasteiger partial charge in [-0.3, -0.25) is 9.69 Å². The third kappa shape index (κ3) is 5.57. The molecular weight excluding hydrogens is 286 g/mol. The van der Waals surface area contributed by atoms with Crippen LogP contribution in [0, 0.1) is 18.3 Å². The minimum Gasteiger partial charge on any atom is -0.351 e. The Morgan fingerprint density at radius 3 is 2.52 bits per heavy atom. The van der Waals surface area contributed by atoms with E-state index in [9.17, 15) is 4.79 Å². The fourth-order valence-corrected chi connectivity index (χ4v) is 2.37. The van der Waals surface area contributed by atoms with Crippen LogP contribution in [0.2, 0.25) is 0 Å². The van der Waals surface area contributed by atoms with Gasteiger partial charge in [0.1, 0.15) is 0 Å². The minimum absolute atomic E-state index is 0.0700. The fourth-order valence-electron chi connectivity index (χ4n) is 2.37. The lowest BCUT2D eigenvalue weighted by Crippen LogP contribution is -2.37. The maximum atomic E-state index is 12.1. The van der Waals surface area contributed by atoms with Crippen molar-refractivity contribution in [3.63, 3.8) is 0 Å². The molecule has 2 rings (SSSR count). The monoisotopic (exact) mass is 307 g/mol. The standard InChI is InChI=1S/C19H21N3O/c1-16-7-5-6-10-18(16)13-21-19(23)15-22(12-11-20)14-17-8-3-2-4-9-17/h2-10H,12-15H2,1H3,(H,21,23). The quantitative estimate of drug-likeness (QED) is 0.800. The van der Waals surface area contributed by atoms with E-state index in [-0.39, 0.29) is 19.0 Å². The predicted molar refractivity (Wildman–Crippen MR) is 90.4 cm³/mol. The zero-order valence-corrected chi connectivity index (χ0v) is 13.3. The molecule has 2 aromatic carbocycles. The molecule has 0 fully saturated rings. The molecule has 0 atom stereocenters. The number of amides is 1. The number of hydrogen-bond acceptors (Lipinski definition) is 3. The van der Waals surface area contributed by atoms with Crippen LogP contribution in [0.3, 0.4) is 0 Å². The Hall–Kier alpha value is -2.64. The second-order valence-electron chi connectivity index (χ2n) is 5.49. The summed E-state index contributed by atoms with van der Waals surface area (Å²) in [5, 5.41) is 11.9. The van der Waals surface area contributed by atoms with E-state index >= 15 is 0 Å². The highest BCUT2D eigenvalue weighted by Crippen LogP contribution is 2.07. The van der Waals surface area contributed by atoms with E-state index < -0.39 is 0 Å². The Labute approximate surface area is 137 Å². The van der Waals surface area contributed by atoms with Crippen LogP contribution in [-0.4, -0.2) is 23.9 Å². The lowest BCUT2D eigenvalue weighted by atomic mass is 10.1. The summed E-state index contributed by atoms with van der Waals surface area (Å²) in [7, 11) is 0. The number of carbonyl (C=O) groups excluding carboxylic acids is 1. The van der Waals surface area contributed by atoms with Crippen molar-refractivity contribution in [2.24, 2.45) is 0 Å². The molecule has 0 saturated carbocycles. The molecule has 0 saturated heterocycles. The van der Waals surface area contributed by atoms with Crippen molar-refractivity contribution in [3.8, 4) is 6.07 Å². The van der Waals surface area contributed by atoms with Crippen LogP contribution >= 0.6 is 0 Å². The molecule has 0 spiro atoms. The Kier molecular flexibility index (Phi) is 6.34.